The Hall–Kier alpha value is -9.66. The van der Waals surface area contributed by atoms with Crippen molar-refractivity contribution in [3.05, 3.63) is 198 Å². The molecule has 0 radical (unpaired) electrons. The third kappa shape index (κ3) is 13.4. The molecule has 0 saturated carbocycles. The molecule has 0 amide bonds. The topological polar surface area (TPSA) is 343 Å². The Balaban J connectivity index is 0.000000151. The van der Waals surface area contributed by atoms with Crippen LogP contribution in [0, 0.1) is 45.3 Å². The third-order valence-corrected chi connectivity index (χ3v) is 14.9. The van der Waals surface area contributed by atoms with E-state index in [2.05, 4.69) is 26.5 Å². The van der Waals surface area contributed by atoms with E-state index in [-0.39, 0.29) is 30.5 Å². The minimum absolute atomic E-state index is 0.0683. The molecule has 23 nitrogen and oxygen atoms in total. The fraction of sp³-hybridized carbons (Fsp3) is 0.233. The van der Waals surface area contributed by atoms with Crippen molar-refractivity contribution >= 4 is 70.3 Å². The number of allylic oxidation sites excluding steroid dienone is 1. The Bertz CT molecular complexity index is 3950. The quantitative estimate of drug-likeness (QED) is 0.0564. The van der Waals surface area contributed by atoms with Crippen LogP contribution < -0.4 is 0 Å². The molecule has 7 heterocycles. The zero-order valence-electron chi connectivity index (χ0n) is 46.4. The number of benzene rings is 4. The van der Waals surface area contributed by atoms with Gasteiger partial charge in [0.2, 0.25) is 0 Å². The highest BCUT2D eigenvalue weighted by atomic mass is 35.5. The number of aromatic carboxylic acids is 1. The molecule has 11 rings (SSSR count). The van der Waals surface area contributed by atoms with Crippen LogP contribution in [0.15, 0.2) is 110 Å². The second-order valence-electron chi connectivity index (χ2n) is 20.7. The highest BCUT2D eigenvalue weighted by Gasteiger charge is 2.42. The van der Waals surface area contributed by atoms with Gasteiger partial charge in [-0.25, -0.2) is 39.1 Å². The van der Waals surface area contributed by atoms with E-state index in [9.17, 15) is 39.6 Å². The van der Waals surface area contributed by atoms with Gasteiger partial charge < -0.3 is 34.6 Å². The fourth-order valence-electron chi connectivity index (χ4n) is 9.23. The van der Waals surface area contributed by atoms with Gasteiger partial charge in [0.1, 0.15) is 66.4 Å². The van der Waals surface area contributed by atoms with E-state index < -0.39 is 40.7 Å². The van der Waals surface area contributed by atoms with Crippen molar-refractivity contribution in [1.82, 2.24) is 38.2 Å². The first-order valence-corrected chi connectivity index (χ1v) is 27.3. The number of carboxylic acids is 1. The molecule has 4 N–H and O–H groups in total. The van der Waals surface area contributed by atoms with Crippen LogP contribution >= 0.6 is 46.4 Å². The minimum atomic E-state index is -1.08. The van der Waals surface area contributed by atoms with Crippen LogP contribution in [0.1, 0.15) is 115 Å². The monoisotopic (exact) mass is 1250 g/mol. The number of nitriles is 4. The van der Waals surface area contributed by atoms with Gasteiger partial charge in [-0.1, -0.05) is 58.6 Å². The van der Waals surface area contributed by atoms with Crippen molar-refractivity contribution in [1.29, 1.82) is 21.0 Å². The molecule has 87 heavy (non-hydrogen) atoms. The van der Waals surface area contributed by atoms with E-state index in [1.807, 2.05) is 31.2 Å². The molecule has 1 unspecified atom stereocenters. The first-order valence-electron chi connectivity index (χ1n) is 25.8. The Labute approximate surface area is 515 Å². The predicted octanol–water partition coefficient (Wildman–Crippen LogP) is 8.80. The van der Waals surface area contributed by atoms with Gasteiger partial charge in [-0.2, -0.15) is 21.0 Å². The van der Waals surface area contributed by atoms with Crippen molar-refractivity contribution in [2.45, 2.75) is 70.2 Å². The van der Waals surface area contributed by atoms with Crippen LogP contribution in [-0.2, 0) is 39.9 Å². The number of nitrogens with zero attached hydrogens (tertiary/aromatic N) is 12. The summed E-state index contributed by atoms with van der Waals surface area (Å²) in [6, 6.07) is 27.2. The maximum atomic E-state index is 12.2. The SMILES string of the molecule is C=C(C)Cc1ncn(-c2ccc(C#N)c(Cl)c2)c1C(=O)O.CC1(CO)Cc2ncn(-c3ccc(C#N)c(Cl)c3)c2C(=O)O1.C[C@@]1(CO)Cc2ncn(-c3ccc(C#N)c(Cl)c3)c2C(=O)O1.C[C@]1(CO)Cc2ncn(-c3ccc(C#N)c(Cl)c3)c2C(=O)O1. The zero-order chi connectivity index (χ0) is 63.3. The van der Waals surface area contributed by atoms with Crippen LogP contribution in [0.2, 0.25) is 20.1 Å². The second-order valence-corrected chi connectivity index (χ2v) is 22.3. The molecule has 442 valence electrons. The lowest BCUT2D eigenvalue weighted by atomic mass is 9.97. The van der Waals surface area contributed by atoms with E-state index in [0.29, 0.717) is 126 Å². The van der Waals surface area contributed by atoms with Crippen molar-refractivity contribution in [2.24, 2.45) is 0 Å². The van der Waals surface area contributed by atoms with Gasteiger partial charge in [0.15, 0.2) is 22.8 Å². The molecule has 0 spiro atoms. The molecule has 0 aliphatic carbocycles. The van der Waals surface area contributed by atoms with Crippen LogP contribution in [0.5, 0.6) is 0 Å². The Morgan fingerprint density at radius 1 is 0.529 bits per heavy atom. The van der Waals surface area contributed by atoms with E-state index in [0.717, 1.165) is 5.57 Å². The van der Waals surface area contributed by atoms with Crippen molar-refractivity contribution in [3.63, 3.8) is 0 Å². The summed E-state index contributed by atoms with van der Waals surface area (Å²) in [5.74, 6) is -2.72. The lowest BCUT2D eigenvalue weighted by Crippen LogP contribution is -2.42. The molecule has 3 aliphatic heterocycles. The standard InChI is InChI=1S/3C15H12ClN3O3.C15H12ClN3O2/c3*1-15(7-20)5-12-13(14(21)22-15)19(8-18-12)10-3-2-9(6-17)11(16)4-10;1-9(2)5-13-14(15(20)21)19(8-18-13)11-4-3-10(7-17)12(16)6-11/h3*2-4,8,20H,5,7H2,1H3;3-4,6,8H,1,5H2,2H3,(H,20,21)/t2*15-;;/m10../s1. The number of carbonyl (C=O) groups is 4. The summed E-state index contributed by atoms with van der Waals surface area (Å²) >= 11 is 24.1. The van der Waals surface area contributed by atoms with Gasteiger partial charge in [-0.15, -0.1) is 0 Å². The van der Waals surface area contributed by atoms with Crippen molar-refractivity contribution in [3.8, 4) is 47.0 Å². The van der Waals surface area contributed by atoms with Gasteiger partial charge in [0, 0.05) is 48.4 Å². The maximum Gasteiger partial charge on any atom is 0.357 e. The number of aliphatic hydroxyl groups is 3. The number of ether oxygens (including phenoxy) is 3. The Morgan fingerprint density at radius 2 is 0.805 bits per heavy atom. The summed E-state index contributed by atoms with van der Waals surface area (Å²) in [6.07, 6.45) is 7.34. The number of rotatable bonds is 10. The summed E-state index contributed by atoms with van der Waals surface area (Å²) in [5.41, 5.74) is 4.88. The van der Waals surface area contributed by atoms with E-state index in [1.54, 1.807) is 107 Å². The first kappa shape index (κ1) is 63.4. The largest absolute Gasteiger partial charge is 0.477 e. The highest BCUT2D eigenvalue weighted by Crippen LogP contribution is 2.34. The molecule has 4 aromatic carbocycles. The molecule has 8 aromatic rings. The third-order valence-electron chi connectivity index (χ3n) is 13.7. The van der Waals surface area contributed by atoms with E-state index in [4.69, 9.17) is 81.7 Å². The molecule has 3 atom stereocenters. The maximum absolute atomic E-state index is 12.2. The minimum Gasteiger partial charge on any atom is -0.477 e. The summed E-state index contributed by atoms with van der Waals surface area (Å²) in [5, 5.41) is 74.2. The second kappa shape index (κ2) is 25.9. The Morgan fingerprint density at radius 3 is 1.05 bits per heavy atom. The van der Waals surface area contributed by atoms with Crippen molar-refractivity contribution in [2.75, 3.05) is 19.8 Å². The molecule has 0 saturated heterocycles. The van der Waals surface area contributed by atoms with Gasteiger partial charge in [0.25, 0.3) is 0 Å². The van der Waals surface area contributed by atoms with Crippen LogP contribution in [0.25, 0.3) is 22.7 Å². The van der Waals surface area contributed by atoms with Gasteiger partial charge in [-0.05, 0) is 100 Å². The first-order chi connectivity index (χ1) is 41.3. The van der Waals surface area contributed by atoms with Crippen LogP contribution in [0.4, 0.5) is 0 Å². The molecule has 3 aliphatic rings. The summed E-state index contributed by atoms with van der Waals surface area (Å²) in [7, 11) is 0. The van der Waals surface area contributed by atoms with E-state index in [1.165, 1.54) is 29.9 Å². The number of imidazole rings is 4. The lowest BCUT2D eigenvalue weighted by Gasteiger charge is -2.31. The average Bonchev–Trinajstić information content (AvgIpc) is 1.90. The van der Waals surface area contributed by atoms with Gasteiger partial charge in [-0.3, -0.25) is 18.3 Å². The summed E-state index contributed by atoms with van der Waals surface area (Å²) in [4.78, 5) is 65.1. The van der Waals surface area contributed by atoms with Crippen LogP contribution in [0.3, 0.4) is 0 Å². The summed E-state index contributed by atoms with van der Waals surface area (Å²) in [6.45, 7) is 9.74. The molecule has 0 bridgehead atoms. The highest BCUT2D eigenvalue weighted by molar-refractivity contribution is 6.33. The molecule has 4 aromatic heterocycles. The smallest absolute Gasteiger partial charge is 0.357 e. The number of cyclic esters (lactones) is 3. The normalized spacial score (nSPS) is 17.8. The molecular formula is C60H48Cl4N12O11. The molecular weight excluding hydrogens is 1210 g/mol. The number of carbonyl (C=O) groups excluding carboxylic acids is 3. The zero-order valence-corrected chi connectivity index (χ0v) is 49.4. The van der Waals surface area contributed by atoms with E-state index >= 15 is 0 Å². The van der Waals surface area contributed by atoms with Crippen LogP contribution in [-0.4, -0.2) is 119 Å². The predicted molar refractivity (Wildman–Crippen MR) is 312 cm³/mol. The number of aliphatic hydroxyl groups excluding tert-OH is 3. The number of halogens is 4. The number of hydrogen-bond acceptors (Lipinski definition) is 18. The van der Waals surface area contributed by atoms with Gasteiger partial charge >= 0.3 is 23.9 Å². The van der Waals surface area contributed by atoms with Gasteiger partial charge in [0.05, 0.1) is 84.9 Å². The average molecular weight is 1250 g/mol. The lowest BCUT2D eigenvalue weighted by molar-refractivity contribution is -0.0440. The number of carboxylic acid groups (broad SMARTS) is 1. The number of fused-ring (bicyclic) bond motifs is 3. The molecule has 0 fully saturated rings. The number of aromatic nitrogens is 8. The summed E-state index contributed by atoms with van der Waals surface area (Å²) < 4.78 is 22.1. The fourth-order valence-corrected chi connectivity index (χ4v) is 10.1. The Kier molecular flexibility index (Phi) is 18.9. The number of hydrogen-bond donors (Lipinski definition) is 4. The van der Waals surface area contributed by atoms with Crippen molar-refractivity contribution < 1.29 is 53.8 Å². The molecule has 27 heteroatoms. The number of esters is 3.